The molecule has 2 aromatic heterocycles. The van der Waals surface area contributed by atoms with Crippen LogP contribution in [0, 0.1) is 5.82 Å². The number of rotatable bonds is 5. The summed E-state index contributed by atoms with van der Waals surface area (Å²) in [7, 11) is 0. The van der Waals surface area contributed by atoms with Gasteiger partial charge in [0.15, 0.2) is 0 Å². The second kappa shape index (κ2) is 7.82. The fourth-order valence-corrected chi connectivity index (χ4v) is 3.15. The van der Waals surface area contributed by atoms with Gasteiger partial charge in [0.2, 0.25) is 5.88 Å². The third-order valence-corrected chi connectivity index (χ3v) is 4.46. The number of benzene rings is 2. The molecule has 0 amide bonds. The largest absolute Gasteiger partial charge is 0.478 e. The summed E-state index contributed by atoms with van der Waals surface area (Å²) < 4.78 is 19.9. The highest BCUT2D eigenvalue weighted by Crippen LogP contribution is 2.33. The Morgan fingerprint density at radius 1 is 1.07 bits per heavy atom. The van der Waals surface area contributed by atoms with Crippen LogP contribution < -0.4 is 10.1 Å². The van der Waals surface area contributed by atoms with Gasteiger partial charge in [-0.3, -0.25) is 0 Å². The van der Waals surface area contributed by atoms with Gasteiger partial charge >= 0.3 is 0 Å². The molecule has 28 heavy (non-hydrogen) atoms. The van der Waals surface area contributed by atoms with E-state index in [1.165, 1.54) is 12.1 Å². The van der Waals surface area contributed by atoms with Gasteiger partial charge < -0.3 is 10.1 Å². The van der Waals surface area contributed by atoms with E-state index in [-0.39, 0.29) is 5.82 Å². The molecule has 140 valence electrons. The molecule has 0 saturated carbocycles. The molecule has 0 atom stereocenters. The van der Waals surface area contributed by atoms with Gasteiger partial charge in [-0.05, 0) is 43.3 Å². The second-order valence-corrected chi connectivity index (χ2v) is 6.57. The van der Waals surface area contributed by atoms with E-state index in [0.717, 1.165) is 22.3 Å². The smallest absolute Gasteiger partial charge is 0.215 e. The number of fused-ring (bicyclic) bond motifs is 1. The summed E-state index contributed by atoms with van der Waals surface area (Å²) in [6, 6.07) is 17.6. The first-order valence-corrected chi connectivity index (χ1v) is 9.23. The topological polar surface area (TPSA) is 47.0 Å². The van der Waals surface area contributed by atoms with Crippen LogP contribution in [0.1, 0.15) is 6.92 Å². The van der Waals surface area contributed by atoms with E-state index in [4.69, 9.17) is 16.3 Å². The van der Waals surface area contributed by atoms with Gasteiger partial charge in [-0.25, -0.2) is 14.4 Å². The Hall–Kier alpha value is -3.18. The van der Waals surface area contributed by atoms with Crippen LogP contribution in [0.3, 0.4) is 0 Å². The van der Waals surface area contributed by atoms with E-state index in [1.807, 2.05) is 49.4 Å². The van der Waals surface area contributed by atoms with Crippen LogP contribution in [-0.2, 0) is 0 Å². The molecule has 0 aliphatic heterocycles. The van der Waals surface area contributed by atoms with Gasteiger partial charge in [-0.2, -0.15) is 0 Å². The van der Waals surface area contributed by atoms with Crippen LogP contribution in [-0.4, -0.2) is 16.6 Å². The van der Waals surface area contributed by atoms with Crippen LogP contribution in [0.4, 0.5) is 15.8 Å². The van der Waals surface area contributed by atoms with Crippen molar-refractivity contribution in [3.05, 3.63) is 77.7 Å². The molecule has 6 heteroatoms. The third kappa shape index (κ3) is 3.75. The fourth-order valence-electron chi connectivity index (χ4n) is 2.98. The molecule has 0 saturated heterocycles. The van der Waals surface area contributed by atoms with E-state index < -0.39 is 0 Å². The number of nitrogens with zero attached hydrogens (tertiary/aromatic N) is 2. The minimum Gasteiger partial charge on any atom is -0.478 e. The molecule has 0 fully saturated rings. The van der Waals surface area contributed by atoms with Crippen molar-refractivity contribution in [2.24, 2.45) is 0 Å². The van der Waals surface area contributed by atoms with Crippen LogP contribution in [0.2, 0.25) is 5.02 Å². The lowest BCUT2D eigenvalue weighted by Crippen LogP contribution is -1.98. The highest BCUT2D eigenvalue weighted by molar-refractivity contribution is 6.30. The molecule has 4 rings (SSSR count). The maximum atomic E-state index is 14.4. The molecule has 1 N–H and O–H groups in total. The zero-order chi connectivity index (χ0) is 19.5. The summed E-state index contributed by atoms with van der Waals surface area (Å²) >= 11 is 6.07. The fraction of sp³-hybridized carbons (Fsp3) is 0.0909. The number of hydrogen-bond donors (Lipinski definition) is 1. The molecule has 0 spiro atoms. The predicted octanol–water partition coefficient (Wildman–Crippen LogP) is 6.23. The second-order valence-electron chi connectivity index (χ2n) is 6.14. The summed E-state index contributed by atoms with van der Waals surface area (Å²) in [5, 5.41) is 4.75. The van der Waals surface area contributed by atoms with Crippen molar-refractivity contribution in [1.29, 1.82) is 0 Å². The Bertz CT molecular complexity index is 1150. The molecule has 0 unspecified atom stereocenters. The number of anilines is 2. The third-order valence-electron chi connectivity index (χ3n) is 4.23. The van der Waals surface area contributed by atoms with E-state index in [2.05, 4.69) is 15.3 Å². The molecule has 0 bridgehead atoms. The van der Waals surface area contributed by atoms with Crippen LogP contribution in [0.25, 0.3) is 22.2 Å². The van der Waals surface area contributed by atoms with Crippen LogP contribution >= 0.6 is 11.6 Å². The van der Waals surface area contributed by atoms with Gasteiger partial charge in [-0.15, -0.1) is 0 Å². The summed E-state index contributed by atoms with van der Waals surface area (Å²) in [5.74, 6) is 0.160. The Labute approximate surface area is 167 Å². The molecule has 2 heterocycles. The van der Waals surface area contributed by atoms with Crippen molar-refractivity contribution in [3.8, 4) is 17.1 Å². The average molecular weight is 394 g/mol. The number of ether oxygens (including phenoxy) is 1. The Kier molecular flexibility index (Phi) is 5.08. The van der Waals surface area contributed by atoms with Crippen molar-refractivity contribution in [2.45, 2.75) is 6.92 Å². The van der Waals surface area contributed by atoms with Crippen molar-refractivity contribution >= 4 is 33.9 Å². The Balaban J connectivity index is 1.83. The van der Waals surface area contributed by atoms with Gasteiger partial charge in [-0.1, -0.05) is 29.8 Å². The van der Waals surface area contributed by atoms with Crippen LogP contribution in [0.5, 0.6) is 5.88 Å². The Morgan fingerprint density at radius 2 is 1.93 bits per heavy atom. The first kappa shape index (κ1) is 18.2. The summed E-state index contributed by atoms with van der Waals surface area (Å²) in [6.07, 6.45) is 1.67. The SMILES string of the molecule is CCOc1cc(Nc2cc(-c3cc(Cl)ccc3F)nc3ccccc23)ccn1. The quantitative estimate of drug-likeness (QED) is 0.436. The van der Waals surface area contributed by atoms with Crippen LogP contribution in [0.15, 0.2) is 66.9 Å². The molecule has 2 aromatic carbocycles. The lowest BCUT2D eigenvalue weighted by atomic mass is 10.1. The number of pyridine rings is 2. The molecular formula is C22H17ClFN3O. The lowest BCUT2D eigenvalue weighted by Gasteiger charge is -2.13. The number of halogens is 2. The number of para-hydroxylation sites is 1. The van der Waals surface area contributed by atoms with Crippen molar-refractivity contribution in [3.63, 3.8) is 0 Å². The zero-order valence-corrected chi connectivity index (χ0v) is 15.9. The van der Waals surface area contributed by atoms with Gasteiger partial charge in [0, 0.05) is 33.9 Å². The number of hydrogen-bond acceptors (Lipinski definition) is 4. The maximum absolute atomic E-state index is 14.4. The van der Waals surface area contributed by atoms with E-state index in [0.29, 0.717) is 28.8 Å². The molecular weight excluding hydrogens is 377 g/mol. The highest BCUT2D eigenvalue weighted by Gasteiger charge is 2.12. The van der Waals surface area contributed by atoms with E-state index in [9.17, 15) is 4.39 Å². The first-order valence-electron chi connectivity index (χ1n) is 8.85. The average Bonchev–Trinajstić information content (AvgIpc) is 2.70. The molecule has 4 aromatic rings. The van der Waals surface area contributed by atoms with Gasteiger partial charge in [0.25, 0.3) is 0 Å². The Morgan fingerprint density at radius 3 is 2.79 bits per heavy atom. The van der Waals surface area contributed by atoms with Crippen molar-refractivity contribution in [1.82, 2.24) is 9.97 Å². The van der Waals surface area contributed by atoms with E-state index >= 15 is 0 Å². The van der Waals surface area contributed by atoms with E-state index in [1.54, 1.807) is 12.3 Å². The normalized spacial score (nSPS) is 10.8. The lowest BCUT2D eigenvalue weighted by molar-refractivity contribution is 0.327. The minimum absolute atomic E-state index is 0.353. The minimum atomic E-state index is -0.374. The van der Waals surface area contributed by atoms with Crippen molar-refractivity contribution in [2.75, 3.05) is 11.9 Å². The molecule has 0 aliphatic rings. The summed E-state index contributed by atoms with van der Waals surface area (Å²) in [5.41, 5.74) is 3.22. The van der Waals surface area contributed by atoms with Gasteiger partial charge in [0.05, 0.1) is 23.5 Å². The number of nitrogens with one attached hydrogen (secondary N) is 1. The van der Waals surface area contributed by atoms with Gasteiger partial charge in [0.1, 0.15) is 5.82 Å². The standard InChI is InChI=1S/C22H17ClFN3O/c1-2-28-22-12-15(9-10-25-22)26-20-13-21(17-11-14(23)7-8-18(17)24)27-19-6-4-3-5-16(19)20/h3-13H,2H2,1H3,(H,25,26,27). The molecule has 0 aliphatic carbocycles. The summed E-state index contributed by atoms with van der Waals surface area (Å²) in [4.78, 5) is 8.80. The molecule has 4 nitrogen and oxygen atoms in total. The summed E-state index contributed by atoms with van der Waals surface area (Å²) in [6.45, 7) is 2.44. The predicted molar refractivity (Wildman–Crippen MR) is 111 cm³/mol. The zero-order valence-electron chi connectivity index (χ0n) is 15.1. The van der Waals surface area contributed by atoms with Crippen molar-refractivity contribution < 1.29 is 9.13 Å². The first-order chi connectivity index (χ1) is 13.6. The molecule has 0 radical (unpaired) electrons. The monoisotopic (exact) mass is 393 g/mol. The number of aromatic nitrogens is 2. The maximum Gasteiger partial charge on any atom is 0.215 e. The highest BCUT2D eigenvalue weighted by atomic mass is 35.5.